The van der Waals surface area contributed by atoms with Crippen molar-refractivity contribution >= 4 is 16.7 Å². The number of benzene rings is 1. The molecular weight excluding hydrogens is 314 g/mol. The lowest BCUT2D eigenvalue weighted by Crippen LogP contribution is -1.95. The van der Waals surface area contributed by atoms with Gasteiger partial charge in [0.05, 0.1) is 5.56 Å². The second kappa shape index (κ2) is 5.17. The minimum absolute atomic E-state index is 0.399. The van der Waals surface area contributed by atoms with Gasteiger partial charge in [-0.1, -0.05) is 6.07 Å². The van der Waals surface area contributed by atoms with Crippen molar-refractivity contribution in [2.24, 2.45) is 7.05 Å². The standard InChI is InChI=1S/C19H17N5O/c1-24-7-6-13-8-12(4-5-16(13)24)14-9-15(17(20)21-10-14)19-23-22-18(25-19)11-2-3-11/h4-11H,2-3H2,1H3,(H2,20,21). The molecule has 2 N–H and O–H groups in total. The summed E-state index contributed by atoms with van der Waals surface area (Å²) in [4.78, 5) is 4.33. The Labute approximate surface area is 144 Å². The van der Waals surface area contributed by atoms with Crippen molar-refractivity contribution in [3.05, 3.63) is 48.6 Å². The van der Waals surface area contributed by atoms with Crippen LogP contribution in [0.2, 0.25) is 0 Å². The first kappa shape index (κ1) is 14.2. The van der Waals surface area contributed by atoms with Crippen LogP contribution >= 0.6 is 0 Å². The highest BCUT2D eigenvalue weighted by molar-refractivity contribution is 5.86. The van der Waals surface area contributed by atoms with E-state index in [0.717, 1.165) is 24.0 Å². The Morgan fingerprint density at radius 1 is 1.12 bits per heavy atom. The number of rotatable bonds is 3. The lowest BCUT2D eigenvalue weighted by Gasteiger charge is -2.06. The van der Waals surface area contributed by atoms with Gasteiger partial charge in [0.15, 0.2) is 0 Å². The van der Waals surface area contributed by atoms with Gasteiger partial charge < -0.3 is 14.7 Å². The number of aryl methyl sites for hydroxylation is 1. The number of aromatic nitrogens is 4. The van der Waals surface area contributed by atoms with Gasteiger partial charge in [0.2, 0.25) is 5.89 Å². The first-order chi connectivity index (χ1) is 12.2. The number of hydrogen-bond acceptors (Lipinski definition) is 5. The smallest absolute Gasteiger partial charge is 0.251 e. The second-order valence-electron chi connectivity index (χ2n) is 6.58. The zero-order valence-corrected chi connectivity index (χ0v) is 13.8. The number of nitrogens with zero attached hydrogens (tertiary/aromatic N) is 4. The second-order valence-corrected chi connectivity index (χ2v) is 6.58. The lowest BCUT2D eigenvalue weighted by atomic mass is 10.0. The fourth-order valence-electron chi connectivity index (χ4n) is 3.10. The van der Waals surface area contributed by atoms with Crippen LogP contribution in [0.1, 0.15) is 24.7 Å². The van der Waals surface area contributed by atoms with Crippen LogP contribution in [0.25, 0.3) is 33.5 Å². The Morgan fingerprint density at radius 2 is 2.00 bits per heavy atom. The van der Waals surface area contributed by atoms with Crippen molar-refractivity contribution in [1.82, 2.24) is 19.7 Å². The van der Waals surface area contributed by atoms with Crippen LogP contribution < -0.4 is 5.73 Å². The SMILES string of the molecule is Cn1ccc2cc(-c3cnc(N)c(-c4nnc(C5CC5)o4)c3)ccc21. The Bertz CT molecular complexity index is 1090. The van der Waals surface area contributed by atoms with Crippen molar-refractivity contribution < 1.29 is 4.42 Å². The monoisotopic (exact) mass is 331 g/mol. The highest BCUT2D eigenvalue weighted by Crippen LogP contribution is 2.40. The predicted molar refractivity (Wildman–Crippen MR) is 95.8 cm³/mol. The molecule has 0 radical (unpaired) electrons. The lowest BCUT2D eigenvalue weighted by molar-refractivity contribution is 0.508. The number of anilines is 1. The molecule has 5 rings (SSSR count). The van der Waals surface area contributed by atoms with Crippen molar-refractivity contribution in [3.63, 3.8) is 0 Å². The van der Waals surface area contributed by atoms with Gasteiger partial charge in [0, 0.05) is 41.8 Å². The molecule has 0 unspecified atom stereocenters. The first-order valence-corrected chi connectivity index (χ1v) is 8.34. The summed E-state index contributed by atoms with van der Waals surface area (Å²) in [5.41, 5.74) is 9.98. The number of hydrogen-bond donors (Lipinski definition) is 1. The molecule has 1 fully saturated rings. The van der Waals surface area contributed by atoms with Crippen LogP contribution in [0.3, 0.4) is 0 Å². The number of nitrogens with two attached hydrogens (primary N) is 1. The van der Waals surface area contributed by atoms with E-state index >= 15 is 0 Å². The average Bonchev–Trinajstić information content (AvgIpc) is 3.25. The molecule has 0 aliphatic heterocycles. The van der Waals surface area contributed by atoms with Gasteiger partial charge in [-0.15, -0.1) is 10.2 Å². The third-order valence-electron chi connectivity index (χ3n) is 4.73. The molecule has 0 spiro atoms. The Kier molecular flexibility index (Phi) is 2.94. The van der Waals surface area contributed by atoms with Crippen LogP contribution in [-0.2, 0) is 7.05 Å². The summed E-state index contributed by atoms with van der Waals surface area (Å²) in [5.74, 6) is 1.95. The highest BCUT2D eigenvalue weighted by atomic mass is 16.4. The van der Waals surface area contributed by atoms with Crippen LogP contribution in [0.5, 0.6) is 0 Å². The van der Waals surface area contributed by atoms with Gasteiger partial charge in [-0.25, -0.2) is 4.98 Å². The maximum absolute atomic E-state index is 6.05. The van der Waals surface area contributed by atoms with Gasteiger partial charge in [-0.2, -0.15) is 0 Å². The molecule has 1 aliphatic rings. The van der Waals surface area contributed by atoms with Crippen LogP contribution in [0.4, 0.5) is 5.82 Å². The zero-order chi connectivity index (χ0) is 17.0. The van der Waals surface area contributed by atoms with Gasteiger partial charge in [0.1, 0.15) is 5.82 Å². The summed E-state index contributed by atoms with van der Waals surface area (Å²) < 4.78 is 7.89. The molecule has 0 atom stereocenters. The molecule has 6 nitrogen and oxygen atoms in total. The molecule has 3 heterocycles. The van der Waals surface area contributed by atoms with Gasteiger partial charge in [0.25, 0.3) is 5.89 Å². The third-order valence-corrected chi connectivity index (χ3v) is 4.73. The molecule has 25 heavy (non-hydrogen) atoms. The summed E-state index contributed by atoms with van der Waals surface area (Å²) >= 11 is 0. The summed E-state index contributed by atoms with van der Waals surface area (Å²) in [5, 5.41) is 9.48. The fourth-order valence-corrected chi connectivity index (χ4v) is 3.10. The van der Waals surface area contributed by atoms with E-state index in [9.17, 15) is 0 Å². The zero-order valence-electron chi connectivity index (χ0n) is 13.8. The molecular formula is C19H17N5O. The van der Waals surface area contributed by atoms with Gasteiger partial charge >= 0.3 is 0 Å². The van der Waals surface area contributed by atoms with E-state index in [0.29, 0.717) is 29.1 Å². The van der Waals surface area contributed by atoms with Crippen LogP contribution in [0, 0.1) is 0 Å². The molecule has 0 bridgehead atoms. The topological polar surface area (TPSA) is 82.8 Å². The van der Waals surface area contributed by atoms with E-state index in [1.807, 2.05) is 13.1 Å². The predicted octanol–water partition coefficient (Wildman–Crippen LogP) is 3.75. The molecule has 0 amide bonds. The molecule has 1 aromatic carbocycles. The van der Waals surface area contributed by atoms with E-state index in [-0.39, 0.29) is 0 Å². The van der Waals surface area contributed by atoms with E-state index in [2.05, 4.69) is 50.2 Å². The minimum Gasteiger partial charge on any atom is -0.420 e. The third kappa shape index (κ3) is 2.38. The van der Waals surface area contributed by atoms with E-state index in [1.54, 1.807) is 6.20 Å². The van der Waals surface area contributed by atoms with E-state index in [4.69, 9.17) is 10.2 Å². The average molecular weight is 331 g/mol. The fraction of sp³-hybridized carbons (Fsp3) is 0.211. The van der Waals surface area contributed by atoms with Gasteiger partial charge in [-0.3, -0.25) is 0 Å². The summed E-state index contributed by atoms with van der Waals surface area (Å²) in [6.07, 6.45) is 6.07. The quantitative estimate of drug-likeness (QED) is 0.618. The molecule has 1 saturated carbocycles. The minimum atomic E-state index is 0.399. The largest absolute Gasteiger partial charge is 0.420 e. The summed E-state index contributed by atoms with van der Waals surface area (Å²) in [7, 11) is 2.04. The molecule has 0 saturated heterocycles. The van der Waals surface area contributed by atoms with Crippen molar-refractivity contribution in [1.29, 1.82) is 0 Å². The van der Waals surface area contributed by atoms with Crippen molar-refractivity contribution in [2.45, 2.75) is 18.8 Å². The normalized spacial score (nSPS) is 14.3. The Morgan fingerprint density at radius 3 is 2.84 bits per heavy atom. The Hall–Kier alpha value is -3.15. The maximum Gasteiger partial charge on any atom is 0.251 e. The first-order valence-electron chi connectivity index (χ1n) is 8.34. The molecule has 6 heteroatoms. The molecule has 124 valence electrons. The summed E-state index contributed by atoms with van der Waals surface area (Å²) in [6.45, 7) is 0. The molecule has 4 aromatic rings. The van der Waals surface area contributed by atoms with E-state index in [1.165, 1.54) is 10.9 Å². The Balaban J connectivity index is 1.58. The van der Waals surface area contributed by atoms with E-state index < -0.39 is 0 Å². The highest BCUT2D eigenvalue weighted by Gasteiger charge is 2.30. The van der Waals surface area contributed by atoms with Crippen LogP contribution in [0.15, 0.2) is 47.1 Å². The van der Waals surface area contributed by atoms with Gasteiger partial charge in [-0.05, 0) is 42.7 Å². The molecule has 3 aromatic heterocycles. The summed E-state index contributed by atoms with van der Waals surface area (Å²) in [6, 6.07) is 10.4. The number of nitrogen functional groups attached to an aromatic ring is 1. The maximum atomic E-state index is 6.05. The van der Waals surface area contributed by atoms with Crippen molar-refractivity contribution in [3.8, 4) is 22.6 Å². The number of pyridine rings is 1. The number of fused-ring (bicyclic) bond motifs is 1. The van der Waals surface area contributed by atoms with Crippen LogP contribution in [-0.4, -0.2) is 19.7 Å². The van der Waals surface area contributed by atoms with Crippen molar-refractivity contribution in [2.75, 3.05) is 5.73 Å². The molecule has 1 aliphatic carbocycles.